The highest BCUT2D eigenvalue weighted by Crippen LogP contribution is 2.47. The van der Waals surface area contributed by atoms with E-state index in [1.54, 1.807) is 0 Å². The van der Waals surface area contributed by atoms with E-state index in [1.807, 2.05) is 0 Å². The number of rotatable bonds is 2. The lowest BCUT2D eigenvalue weighted by atomic mass is 9.87. The zero-order chi connectivity index (χ0) is 12.8. The van der Waals surface area contributed by atoms with Crippen LogP contribution < -0.4 is 10.9 Å². The van der Waals surface area contributed by atoms with Gasteiger partial charge in [-0.15, -0.1) is 0 Å². The van der Waals surface area contributed by atoms with Gasteiger partial charge in [0, 0.05) is 5.70 Å². The topological polar surface area (TPSA) is 110 Å². The molecule has 2 unspecified atom stereocenters. The number of nitrogens with zero attached hydrogens (tertiary/aromatic N) is 2. The summed E-state index contributed by atoms with van der Waals surface area (Å²) < 4.78 is -1.50. The highest BCUT2D eigenvalue weighted by Gasteiger charge is 2.71. The number of hydrazine groups is 1. The highest BCUT2D eigenvalue weighted by molar-refractivity contribution is 9.10. The first kappa shape index (κ1) is 12.3. The minimum absolute atomic E-state index is 0.285. The third-order valence-electron chi connectivity index (χ3n) is 2.67. The molecule has 10 heteroatoms. The van der Waals surface area contributed by atoms with Crippen LogP contribution in [0.4, 0.5) is 0 Å². The second kappa shape index (κ2) is 3.65. The third-order valence-corrected chi connectivity index (χ3v) is 3.64. The van der Waals surface area contributed by atoms with Crippen LogP contribution in [0.5, 0.6) is 0 Å². The van der Waals surface area contributed by atoms with Crippen molar-refractivity contribution < 1.29 is 9.85 Å². The molecule has 1 aliphatic carbocycles. The molecule has 0 saturated carbocycles. The van der Waals surface area contributed by atoms with E-state index in [0.717, 1.165) is 6.08 Å². The summed E-state index contributed by atoms with van der Waals surface area (Å²) in [6.07, 6.45) is 3.68. The van der Waals surface area contributed by atoms with Gasteiger partial charge in [-0.05, 0) is 28.1 Å². The maximum Gasteiger partial charge on any atom is 0.490 e. The number of hydrogen-bond donors (Lipinski definition) is 2. The molecular weight excluding hydrogens is 319 g/mol. The van der Waals surface area contributed by atoms with Crippen LogP contribution in [0.1, 0.15) is 0 Å². The van der Waals surface area contributed by atoms with E-state index in [0.29, 0.717) is 0 Å². The first-order valence-electron chi connectivity index (χ1n) is 4.42. The summed E-state index contributed by atoms with van der Waals surface area (Å²) >= 11 is 8.98. The van der Waals surface area contributed by atoms with Crippen molar-refractivity contribution in [2.75, 3.05) is 0 Å². The van der Waals surface area contributed by atoms with Gasteiger partial charge < -0.3 is 5.43 Å². The summed E-state index contributed by atoms with van der Waals surface area (Å²) in [4.78, 5) is 20.3. The van der Waals surface area contributed by atoms with Gasteiger partial charge in [0.2, 0.25) is 0 Å². The molecule has 2 N–H and O–H groups in total. The van der Waals surface area contributed by atoms with Crippen molar-refractivity contribution in [2.45, 2.75) is 9.57 Å². The third kappa shape index (κ3) is 1.53. The van der Waals surface area contributed by atoms with Crippen LogP contribution >= 0.6 is 27.5 Å². The Morgan fingerprint density at radius 2 is 2.00 bits per heavy atom. The molecule has 0 aromatic rings. The van der Waals surface area contributed by atoms with E-state index in [2.05, 4.69) is 26.8 Å². The fourth-order valence-electron chi connectivity index (χ4n) is 1.92. The largest absolute Gasteiger partial charge is 0.490 e. The molecule has 2 aliphatic rings. The summed E-state index contributed by atoms with van der Waals surface area (Å²) in [7, 11) is 0. The molecule has 1 aliphatic heterocycles. The first-order valence-corrected chi connectivity index (χ1v) is 5.59. The van der Waals surface area contributed by atoms with Crippen LogP contribution in [0.2, 0.25) is 0 Å². The van der Waals surface area contributed by atoms with Gasteiger partial charge in [-0.1, -0.05) is 11.6 Å². The maximum atomic E-state index is 11.1. The molecule has 8 nitrogen and oxygen atoms in total. The van der Waals surface area contributed by atoms with Crippen molar-refractivity contribution in [2.24, 2.45) is 5.92 Å². The Kier molecular flexibility index (Phi) is 2.64. The Morgan fingerprint density at radius 1 is 1.41 bits per heavy atom. The van der Waals surface area contributed by atoms with Crippen molar-refractivity contribution in [3.63, 3.8) is 0 Å². The molecule has 2 rings (SSSR count). The minimum atomic E-state index is -2.49. The summed E-state index contributed by atoms with van der Waals surface area (Å²) in [5.41, 5.74) is 2.89. The number of halogens is 2. The monoisotopic (exact) mass is 324 g/mol. The second-order valence-corrected chi connectivity index (χ2v) is 5.89. The summed E-state index contributed by atoms with van der Waals surface area (Å²) in [5.74, 6) is -1.19. The molecule has 0 spiro atoms. The van der Waals surface area contributed by atoms with Crippen molar-refractivity contribution in [3.8, 4) is 0 Å². The Labute approximate surface area is 108 Å². The number of nitrogens with one attached hydrogen (secondary N) is 2. The number of hydrogen-bond acceptors (Lipinski definition) is 6. The lowest BCUT2D eigenvalue weighted by Gasteiger charge is -2.27. The van der Waals surface area contributed by atoms with Crippen LogP contribution in [0.25, 0.3) is 0 Å². The summed E-state index contributed by atoms with van der Waals surface area (Å²) in [5, 5.41) is 22.2. The Bertz CT molecular complexity index is 449. The predicted molar refractivity (Wildman–Crippen MR) is 61.2 cm³/mol. The standard InChI is InChI=1S/C7H6BrClN4O4/c8-7(9)5-4(10-11-7)2-1-3-6(5,12(14)15)13(16)17/h1-3,5,10-11H. The quantitative estimate of drug-likeness (QED) is 0.254. The van der Waals surface area contributed by atoms with Gasteiger partial charge in [0.1, 0.15) is 9.85 Å². The maximum absolute atomic E-state index is 11.1. The van der Waals surface area contributed by atoms with E-state index in [-0.39, 0.29) is 5.70 Å². The smallest absolute Gasteiger partial charge is 0.322 e. The lowest BCUT2D eigenvalue weighted by Crippen LogP contribution is -2.57. The van der Waals surface area contributed by atoms with Crippen LogP contribution in [0.15, 0.2) is 23.9 Å². The number of fused-ring (bicyclic) bond motifs is 1. The number of alkyl halides is 2. The molecule has 1 heterocycles. The average Bonchev–Trinajstić information content (AvgIpc) is 2.54. The number of nitro groups is 2. The molecular formula is C7H6BrClN4O4. The second-order valence-electron chi connectivity index (χ2n) is 3.58. The highest BCUT2D eigenvalue weighted by atomic mass is 79.9. The van der Waals surface area contributed by atoms with E-state index in [9.17, 15) is 20.2 Å². The minimum Gasteiger partial charge on any atom is -0.322 e. The van der Waals surface area contributed by atoms with Gasteiger partial charge in [0.15, 0.2) is 9.83 Å². The molecule has 1 saturated heterocycles. The van der Waals surface area contributed by atoms with Gasteiger partial charge in [-0.25, -0.2) is 5.43 Å². The molecule has 0 radical (unpaired) electrons. The van der Waals surface area contributed by atoms with Gasteiger partial charge >= 0.3 is 5.66 Å². The molecule has 2 atom stereocenters. The molecule has 92 valence electrons. The molecule has 17 heavy (non-hydrogen) atoms. The molecule has 0 bridgehead atoms. The normalized spacial score (nSPS) is 33.5. The molecule has 0 aromatic carbocycles. The summed E-state index contributed by atoms with van der Waals surface area (Å²) in [6.45, 7) is 0. The summed E-state index contributed by atoms with van der Waals surface area (Å²) in [6, 6.07) is 0. The Hall–Kier alpha value is -1.19. The van der Waals surface area contributed by atoms with Crippen molar-refractivity contribution in [1.82, 2.24) is 10.9 Å². The van der Waals surface area contributed by atoms with Crippen molar-refractivity contribution >= 4 is 27.5 Å². The van der Waals surface area contributed by atoms with Crippen LogP contribution in [0.3, 0.4) is 0 Å². The van der Waals surface area contributed by atoms with Crippen molar-refractivity contribution in [1.29, 1.82) is 0 Å². The predicted octanol–water partition coefficient (Wildman–Crippen LogP) is 0.701. The lowest BCUT2D eigenvalue weighted by molar-refractivity contribution is -0.789. The zero-order valence-electron chi connectivity index (χ0n) is 8.09. The van der Waals surface area contributed by atoms with E-state index < -0.39 is 25.3 Å². The molecule has 1 fully saturated rings. The average molecular weight is 326 g/mol. The van der Waals surface area contributed by atoms with E-state index >= 15 is 0 Å². The number of allylic oxidation sites excluding steroid dienone is 2. The van der Waals surface area contributed by atoms with Gasteiger partial charge in [0.05, 0.1) is 6.08 Å². The fourth-order valence-corrected chi connectivity index (χ4v) is 2.93. The first-order chi connectivity index (χ1) is 7.82. The van der Waals surface area contributed by atoms with Gasteiger partial charge in [-0.3, -0.25) is 20.2 Å². The van der Waals surface area contributed by atoms with Crippen molar-refractivity contribution in [3.05, 3.63) is 44.2 Å². The molecule has 0 aromatic heterocycles. The van der Waals surface area contributed by atoms with Crippen LogP contribution in [-0.4, -0.2) is 19.4 Å². The Morgan fingerprint density at radius 3 is 2.53 bits per heavy atom. The fraction of sp³-hybridized carbons (Fsp3) is 0.429. The SMILES string of the molecule is O=[N+]([O-])C1([N+](=O)[O-])C=CC=C2NNC(Cl)(Br)C21. The van der Waals surface area contributed by atoms with Gasteiger partial charge in [0.25, 0.3) is 0 Å². The Balaban J connectivity index is 2.61. The van der Waals surface area contributed by atoms with Crippen LogP contribution in [-0.2, 0) is 0 Å². The molecule has 0 amide bonds. The van der Waals surface area contributed by atoms with Gasteiger partial charge in [-0.2, -0.15) is 0 Å². The van der Waals surface area contributed by atoms with E-state index in [1.165, 1.54) is 12.2 Å². The van der Waals surface area contributed by atoms with Crippen LogP contribution in [0, 0.1) is 26.1 Å². The van der Waals surface area contributed by atoms with E-state index in [4.69, 9.17) is 11.6 Å². The zero-order valence-corrected chi connectivity index (χ0v) is 10.4.